The van der Waals surface area contributed by atoms with Gasteiger partial charge in [0, 0.05) is 16.5 Å². The number of hydrazine groups is 1. The molecule has 0 radical (unpaired) electrons. The van der Waals surface area contributed by atoms with Crippen molar-refractivity contribution in [1.29, 1.82) is 0 Å². The third-order valence-corrected chi connectivity index (χ3v) is 4.04. The predicted octanol–water partition coefficient (Wildman–Crippen LogP) is 3.19. The van der Waals surface area contributed by atoms with E-state index in [0.717, 1.165) is 27.7 Å². The second-order valence-electron chi connectivity index (χ2n) is 5.88. The largest absolute Gasteiger partial charge is 0.464 e. The fourth-order valence-corrected chi connectivity index (χ4v) is 2.49. The molecule has 0 spiro atoms. The molecule has 2 amide bonds. The van der Waals surface area contributed by atoms with E-state index in [-0.39, 0.29) is 17.9 Å². The zero-order valence-corrected chi connectivity index (χ0v) is 13.9. The van der Waals surface area contributed by atoms with Crippen LogP contribution in [0.4, 0.5) is 4.39 Å². The van der Waals surface area contributed by atoms with Crippen LogP contribution in [0, 0.1) is 19.7 Å². The van der Waals surface area contributed by atoms with Crippen LogP contribution < -0.4 is 10.9 Å². The van der Waals surface area contributed by atoms with Crippen LogP contribution in [0.1, 0.15) is 27.0 Å². The number of rotatable bonds is 3. The lowest BCUT2D eigenvalue weighted by molar-refractivity contribution is -0.121. The van der Waals surface area contributed by atoms with Gasteiger partial charge in [-0.2, -0.15) is 0 Å². The van der Waals surface area contributed by atoms with Gasteiger partial charge in [-0.1, -0.05) is 0 Å². The maximum atomic E-state index is 12.8. The molecule has 128 valence electrons. The summed E-state index contributed by atoms with van der Waals surface area (Å²) in [6.45, 7) is 3.99. The van der Waals surface area contributed by atoms with E-state index < -0.39 is 11.7 Å². The molecule has 0 saturated carbocycles. The third-order valence-electron chi connectivity index (χ3n) is 4.04. The molecule has 0 fully saturated rings. The van der Waals surface area contributed by atoms with Gasteiger partial charge in [0.1, 0.15) is 11.4 Å². The van der Waals surface area contributed by atoms with E-state index in [4.69, 9.17) is 4.42 Å². The molecule has 25 heavy (non-hydrogen) atoms. The van der Waals surface area contributed by atoms with Crippen molar-refractivity contribution < 1.29 is 18.4 Å². The Bertz CT molecular complexity index is 945. The Morgan fingerprint density at radius 1 is 1.04 bits per heavy atom. The van der Waals surface area contributed by atoms with E-state index in [1.54, 1.807) is 6.26 Å². The number of fused-ring (bicyclic) bond motifs is 1. The van der Waals surface area contributed by atoms with Crippen LogP contribution in [0.25, 0.3) is 11.0 Å². The molecule has 1 heterocycles. The van der Waals surface area contributed by atoms with Crippen molar-refractivity contribution in [3.05, 3.63) is 70.7 Å². The number of benzene rings is 2. The summed E-state index contributed by atoms with van der Waals surface area (Å²) in [7, 11) is 0. The summed E-state index contributed by atoms with van der Waals surface area (Å²) in [4.78, 5) is 24.0. The van der Waals surface area contributed by atoms with Gasteiger partial charge in [0.15, 0.2) is 0 Å². The Kier molecular flexibility index (Phi) is 4.52. The van der Waals surface area contributed by atoms with Crippen LogP contribution in [-0.2, 0) is 11.2 Å². The Hall–Kier alpha value is -3.15. The first kappa shape index (κ1) is 16.7. The molecule has 3 rings (SSSR count). The molecule has 1 aromatic heterocycles. The average Bonchev–Trinajstić information content (AvgIpc) is 2.95. The monoisotopic (exact) mass is 340 g/mol. The second kappa shape index (κ2) is 6.76. The van der Waals surface area contributed by atoms with Crippen LogP contribution in [0.15, 0.2) is 47.1 Å². The lowest BCUT2D eigenvalue weighted by atomic mass is 10.0. The Morgan fingerprint density at radius 3 is 2.44 bits per heavy atom. The van der Waals surface area contributed by atoms with Crippen molar-refractivity contribution in [2.45, 2.75) is 20.3 Å². The first-order chi connectivity index (χ1) is 11.9. The number of nitrogens with one attached hydrogen (secondary N) is 2. The summed E-state index contributed by atoms with van der Waals surface area (Å²) in [6.07, 6.45) is 1.62. The molecule has 0 unspecified atom stereocenters. The van der Waals surface area contributed by atoms with E-state index in [0.29, 0.717) is 0 Å². The zero-order valence-electron chi connectivity index (χ0n) is 13.9. The molecule has 0 aliphatic carbocycles. The van der Waals surface area contributed by atoms with Gasteiger partial charge in [-0.05, 0) is 61.4 Å². The number of carbonyl (C=O) groups excluding carboxylic acids is 2. The summed E-state index contributed by atoms with van der Waals surface area (Å²) < 4.78 is 18.3. The number of aryl methyl sites for hydroxylation is 2. The molecular formula is C19H17FN2O3. The van der Waals surface area contributed by atoms with Gasteiger partial charge < -0.3 is 4.42 Å². The van der Waals surface area contributed by atoms with E-state index in [9.17, 15) is 14.0 Å². The molecule has 5 nitrogen and oxygen atoms in total. The lowest BCUT2D eigenvalue weighted by Gasteiger charge is -2.07. The molecule has 2 N–H and O–H groups in total. The van der Waals surface area contributed by atoms with Gasteiger partial charge in [0.2, 0.25) is 5.91 Å². The molecule has 6 heteroatoms. The number of carbonyl (C=O) groups is 2. The fraction of sp³-hybridized carbons (Fsp3) is 0.158. The fourth-order valence-electron chi connectivity index (χ4n) is 2.49. The van der Waals surface area contributed by atoms with Crippen molar-refractivity contribution in [3.63, 3.8) is 0 Å². The Balaban J connectivity index is 1.64. The van der Waals surface area contributed by atoms with E-state index in [1.807, 2.05) is 26.0 Å². The highest BCUT2D eigenvalue weighted by Gasteiger charge is 2.13. The normalized spacial score (nSPS) is 10.7. The van der Waals surface area contributed by atoms with Crippen molar-refractivity contribution in [2.75, 3.05) is 0 Å². The average molecular weight is 340 g/mol. The molecule has 0 aliphatic rings. The molecule has 0 aliphatic heterocycles. The first-order valence-corrected chi connectivity index (χ1v) is 7.76. The quantitative estimate of drug-likeness (QED) is 0.719. The molecular weight excluding hydrogens is 323 g/mol. The lowest BCUT2D eigenvalue weighted by Crippen LogP contribution is -2.42. The Morgan fingerprint density at radius 2 is 1.72 bits per heavy atom. The summed E-state index contributed by atoms with van der Waals surface area (Å²) >= 11 is 0. The van der Waals surface area contributed by atoms with E-state index >= 15 is 0 Å². The van der Waals surface area contributed by atoms with Gasteiger partial charge >= 0.3 is 0 Å². The predicted molar refractivity (Wildman–Crippen MR) is 91.4 cm³/mol. The highest BCUT2D eigenvalue weighted by molar-refractivity contribution is 5.96. The SMILES string of the molecule is Cc1cc2occ(CC(=O)NNC(=O)c3ccc(F)cc3)c2cc1C. The Labute approximate surface area is 143 Å². The van der Waals surface area contributed by atoms with Gasteiger partial charge in [-0.15, -0.1) is 0 Å². The van der Waals surface area contributed by atoms with Crippen LogP contribution in [0.3, 0.4) is 0 Å². The molecule has 0 bridgehead atoms. The van der Waals surface area contributed by atoms with Crippen LogP contribution in [0.2, 0.25) is 0 Å². The van der Waals surface area contributed by atoms with E-state index in [2.05, 4.69) is 10.9 Å². The van der Waals surface area contributed by atoms with Crippen LogP contribution >= 0.6 is 0 Å². The van der Waals surface area contributed by atoms with Crippen molar-refractivity contribution in [2.24, 2.45) is 0 Å². The molecule has 0 saturated heterocycles. The van der Waals surface area contributed by atoms with Gasteiger partial charge in [-0.3, -0.25) is 20.4 Å². The molecule has 0 atom stereocenters. The number of amides is 2. The minimum absolute atomic E-state index is 0.0686. The van der Waals surface area contributed by atoms with Gasteiger partial charge in [-0.25, -0.2) is 4.39 Å². The zero-order chi connectivity index (χ0) is 18.0. The molecule has 3 aromatic rings. The summed E-state index contributed by atoms with van der Waals surface area (Å²) in [5.74, 6) is -1.33. The minimum Gasteiger partial charge on any atom is -0.464 e. The van der Waals surface area contributed by atoms with Crippen LogP contribution in [0.5, 0.6) is 0 Å². The van der Waals surface area contributed by atoms with Crippen molar-refractivity contribution in [3.8, 4) is 0 Å². The smallest absolute Gasteiger partial charge is 0.269 e. The topological polar surface area (TPSA) is 71.3 Å². The minimum atomic E-state index is -0.517. The third kappa shape index (κ3) is 3.68. The van der Waals surface area contributed by atoms with Crippen LogP contribution in [-0.4, -0.2) is 11.8 Å². The maximum absolute atomic E-state index is 12.8. The second-order valence-corrected chi connectivity index (χ2v) is 5.88. The number of halogens is 1. The van der Waals surface area contributed by atoms with Gasteiger partial charge in [0.25, 0.3) is 5.91 Å². The highest BCUT2D eigenvalue weighted by atomic mass is 19.1. The first-order valence-electron chi connectivity index (χ1n) is 7.76. The number of hydrogen-bond acceptors (Lipinski definition) is 3. The number of hydrogen-bond donors (Lipinski definition) is 2. The maximum Gasteiger partial charge on any atom is 0.269 e. The molecule has 2 aromatic carbocycles. The summed E-state index contributed by atoms with van der Waals surface area (Å²) in [5, 5.41) is 0.878. The van der Waals surface area contributed by atoms with Gasteiger partial charge in [0.05, 0.1) is 12.7 Å². The van der Waals surface area contributed by atoms with E-state index in [1.165, 1.54) is 24.3 Å². The summed E-state index contributed by atoms with van der Waals surface area (Å²) in [5.41, 5.74) is 8.60. The number of furan rings is 1. The summed E-state index contributed by atoms with van der Waals surface area (Å²) in [6, 6.07) is 8.95. The highest BCUT2D eigenvalue weighted by Crippen LogP contribution is 2.25. The standard InChI is InChI=1S/C19H17FN2O3/c1-11-7-16-14(10-25-17(16)8-12(11)2)9-18(23)21-22-19(24)13-3-5-15(20)6-4-13/h3-8,10H,9H2,1-2H3,(H,21,23)(H,22,24). The van der Waals surface area contributed by atoms with Crippen molar-refractivity contribution in [1.82, 2.24) is 10.9 Å². The van der Waals surface area contributed by atoms with Crippen molar-refractivity contribution >= 4 is 22.8 Å².